The summed E-state index contributed by atoms with van der Waals surface area (Å²) in [6, 6.07) is 0. The van der Waals surface area contributed by atoms with Gasteiger partial charge in [0.15, 0.2) is 10.9 Å². The minimum Gasteiger partial charge on any atom is -0.320 e. The molecule has 0 aromatic carbocycles. The van der Waals surface area contributed by atoms with E-state index in [0.29, 0.717) is 17.2 Å². The number of Topliss-reactive ketones (excluding diaryl/α,β-unsaturated/α-hetero) is 1. The third-order valence-corrected chi connectivity index (χ3v) is 2.70. The molecule has 1 rings (SSSR count). The first kappa shape index (κ1) is 12.8. The highest BCUT2D eigenvalue weighted by Gasteiger charge is 2.08. The van der Waals surface area contributed by atoms with Crippen LogP contribution in [0.2, 0.25) is 0 Å². The van der Waals surface area contributed by atoms with Crippen molar-refractivity contribution < 1.29 is 9.59 Å². The maximum atomic E-state index is 11.4. The number of aromatic nitrogens is 1. The number of anilines is 1. The maximum Gasteiger partial charge on any atom is 0.226 e. The third-order valence-electron chi connectivity index (χ3n) is 1.94. The number of rotatable bonds is 6. The Bertz CT molecular complexity index is 376. The first-order valence-corrected chi connectivity index (χ1v) is 5.92. The Labute approximate surface area is 98.3 Å². The van der Waals surface area contributed by atoms with E-state index in [1.807, 2.05) is 7.05 Å². The zero-order valence-corrected chi connectivity index (χ0v) is 10.2. The molecule has 1 aromatic heterocycles. The number of thiazole rings is 1. The zero-order valence-electron chi connectivity index (χ0n) is 9.37. The first-order chi connectivity index (χ1) is 7.63. The van der Waals surface area contributed by atoms with Crippen LogP contribution in [-0.2, 0) is 4.79 Å². The third kappa shape index (κ3) is 4.08. The standard InChI is InChI=1S/C10H15N3O2S/c1-7(14)8-6-16-10(12-8)13-9(15)4-3-5-11-2/h6,11H,3-5H2,1-2H3,(H,12,13,15). The van der Waals surface area contributed by atoms with Crippen LogP contribution in [0.5, 0.6) is 0 Å². The van der Waals surface area contributed by atoms with Crippen molar-refractivity contribution in [3.63, 3.8) is 0 Å². The van der Waals surface area contributed by atoms with E-state index in [4.69, 9.17) is 0 Å². The van der Waals surface area contributed by atoms with E-state index >= 15 is 0 Å². The molecule has 0 radical (unpaired) electrons. The van der Waals surface area contributed by atoms with Crippen molar-refractivity contribution in [1.82, 2.24) is 10.3 Å². The minimum atomic E-state index is -0.0908. The molecule has 0 aliphatic heterocycles. The number of nitrogens with zero attached hydrogens (tertiary/aromatic N) is 1. The average molecular weight is 241 g/mol. The Kier molecular flexibility index (Phi) is 5.07. The van der Waals surface area contributed by atoms with Gasteiger partial charge >= 0.3 is 0 Å². The molecule has 0 bridgehead atoms. The van der Waals surface area contributed by atoms with E-state index < -0.39 is 0 Å². The lowest BCUT2D eigenvalue weighted by molar-refractivity contribution is -0.116. The van der Waals surface area contributed by atoms with E-state index in [1.165, 1.54) is 18.3 Å². The Balaban J connectivity index is 2.40. The summed E-state index contributed by atoms with van der Waals surface area (Å²) in [5.41, 5.74) is 0.399. The van der Waals surface area contributed by atoms with Gasteiger partial charge in [0.1, 0.15) is 5.69 Å². The molecule has 0 aliphatic carbocycles. The molecular formula is C10H15N3O2S. The highest BCUT2D eigenvalue weighted by Crippen LogP contribution is 2.15. The predicted octanol–water partition coefficient (Wildman–Crippen LogP) is 1.28. The van der Waals surface area contributed by atoms with Gasteiger partial charge in [-0.1, -0.05) is 0 Å². The van der Waals surface area contributed by atoms with Crippen LogP contribution >= 0.6 is 11.3 Å². The molecule has 1 heterocycles. The van der Waals surface area contributed by atoms with Crippen molar-refractivity contribution in [2.24, 2.45) is 0 Å². The quantitative estimate of drug-likeness (QED) is 0.581. The van der Waals surface area contributed by atoms with Crippen LogP contribution < -0.4 is 10.6 Å². The lowest BCUT2D eigenvalue weighted by Crippen LogP contribution is -2.15. The second kappa shape index (κ2) is 6.34. The molecule has 88 valence electrons. The fourth-order valence-corrected chi connectivity index (χ4v) is 1.87. The van der Waals surface area contributed by atoms with Gasteiger partial charge in [0.05, 0.1) is 0 Å². The van der Waals surface area contributed by atoms with E-state index in [0.717, 1.165) is 13.0 Å². The van der Waals surface area contributed by atoms with Gasteiger partial charge < -0.3 is 10.6 Å². The smallest absolute Gasteiger partial charge is 0.226 e. The molecule has 2 N–H and O–H groups in total. The fraction of sp³-hybridized carbons (Fsp3) is 0.500. The maximum absolute atomic E-state index is 11.4. The molecule has 0 fully saturated rings. The van der Waals surface area contributed by atoms with Crippen LogP contribution in [0.25, 0.3) is 0 Å². The van der Waals surface area contributed by atoms with Gasteiger partial charge in [-0.25, -0.2) is 4.98 Å². The predicted molar refractivity (Wildman–Crippen MR) is 63.9 cm³/mol. The van der Waals surface area contributed by atoms with Gasteiger partial charge in [-0.15, -0.1) is 11.3 Å². The molecule has 0 saturated heterocycles. The van der Waals surface area contributed by atoms with Crippen molar-refractivity contribution in [1.29, 1.82) is 0 Å². The SMILES string of the molecule is CNCCCC(=O)Nc1nc(C(C)=O)cs1. The molecule has 0 spiro atoms. The monoisotopic (exact) mass is 241 g/mol. The molecule has 6 heteroatoms. The Morgan fingerprint density at radius 3 is 2.81 bits per heavy atom. The van der Waals surface area contributed by atoms with Crippen molar-refractivity contribution in [3.05, 3.63) is 11.1 Å². The highest BCUT2D eigenvalue weighted by molar-refractivity contribution is 7.14. The Morgan fingerprint density at radius 2 is 2.25 bits per heavy atom. The van der Waals surface area contributed by atoms with E-state index in [-0.39, 0.29) is 11.7 Å². The van der Waals surface area contributed by atoms with E-state index in [2.05, 4.69) is 15.6 Å². The molecule has 1 aromatic rings. The molecule has 0 unspecified atom stereocenters. The number of nitrogens with one attached hydrogen (secondary N) is 2. The molecular weight excluding hydrogens is 226 g/mol. The lowest BCUT2D eigenvalue weighted by Gasteiger charge is -2.00. The summed E-state index contributed by atoms with van der Waals surface area (Å²) in [6.07, 6.45) is 1.24. The number of ketones is 1. The first-order valence-electron chi connectivity index (χ1n) is 5.04. The van der Waals surface area contributed by atoms with Crippen LogP contribution in [0.4, 0.5) is 5.13 Å². The molecule has 5 nitrogen and oxygen atoms in total. The van der Waals surface area contributed by atoms with Gasteiger partial charge in [0, 0.05) is 18.7 Å². The second-order valence-corrected chi connectivity index (χ2v) is 4.21. The van der Waals surface area contributed by atoms with E-state index in [1.54, 1.807) is 5.38 Å². The number of carbonyl (C=O) groups is 2. The zero-order chi connectivity index (χ0) is 12.0. The van der Waals surface area contributed by atoms with Crippen LogP contribution in [0.1, 0.15) is 30.3 Å². The molecule has 1 amide bonds. The Morgan fingerprint density at radius 1 is 1.50 bits per heavy atom. The van der Waals surface area contributed by atoms with Gasteiger partial charge in [-0.3, -0.25) is 9.59 Å². The van der Waals surface area contributed by atoms with Crippen LogP contribution in [-0.4, -0.2) is 30.3 Å². The fourth-order valence-electron chi connectivity index (χ4n) is 1.10. The molecule has 0 atom stereocenters. The lowest BCUT2D eigenvalue weighted by atomic mass is 10.3. The minimum absolute atomic E-state index is 0.0697. The number of hydrogen-bond acceptors (Lipinski definition) is 5. The molecule has 16 heavy (non-hydrogen) atoms. The largest absolute Gasteiger partial charge is 0.320 e. The van der Waals surface area contributed by atoms with E-state index in [9.17, 15) is 9.59 Å². The van der Waals surface area contributed by atoms with Gasteiger partial charge in [0.2, 0.25) is 5.91 Å². The summed E-state index contributed by atoms with van der Waals surface area (Å²) >= 11 is 1.27. The summed E-state index contributed by atoms with van der Waals surface area (Å²) < 4.78 is 0. The summed E-state index contributed by atoms with van der Waals surface area (Å²) in [6.45, 7) is 2.26. The summed E-state index contributed by atoms with van der Waals surface area (Å²) in [5.74, 6) is -0.161. The molecule has 0 aliphatic rings. The van der Waals surface area contributed by atoms with Crippen molar-refractivity contribution in [3.8, 4) is 0 Å². The van der Waals surface area contributed by atoms with Crippen molar-refractivity contribution >= 4 is 28.2 Å². The Hall–Kier alpha value is -1.27. The van der Waals surface area contributed by atoms with Crippen molar-refractivity contribution in [2.75, 3.05) is 18.9 Å². The van der Waals surface area contributed by atoms with Crippen LogP contribution in [0.15, 0.2) is 5.38 Å². The van der Waals surface area contributed by atoms with Crippen LogP contribution in [0, 0.1) is 0 Å². The number of hydrogen-bond donors (Lipinski definition) is 2. The normalized spacial score (nSPS) is 10.1. The summed E-state index contributed by atoms with van der Waals surface area (Å²) in [7, 11) is 1.85. The number of amides is 1. The van der Waals surface area contributed by atoms with Crippen molar-refractivity contribution in [2.45, 2.75) is 19.8 Å². The second-order valence-electron chi connectivity index (χ2n) is 3.35. The summed E-state index contributed by atoms with van der Waals surface area (Å²) in [5, 5.41) is 7.76. The topological polar surface area (TPSA) is 71.1 Å². The highest BCUT2D eigenvalue weighted by atomic mass is 32.1. The number of carbonyl (C=O) groups excluding carboxylic acids is 2. The van der Waals surface area contributed by atoms with Gasteiger partial charge in [0.25, 0.3) is 0 Å². The van der Waals surface area contributed by atoms with Gasteiger partial charge in [-0.05, 0) is 20.0 Å². The van der Waals surface area contributed by atoms with Crippen LogP contribution in [0.3, 0.4) is 0 Å². The van der Waals surface area contributed by atoms with Gasteiger partial charge in [-0.2, -0.15) is 0 Å². The summed E-state index contributed by atoms with van der Waals surface area (Å²) in [4.78, 5) is 26.4. The average Bonchev–Trinajstić information content (AvgIpc) is 2.66. The molecule has 0 saturated carbocycles.